The van der Waals surface area contributed by atoms with E-state index in [0.29, 0.717) is 0 Å². The van der Waals surface area contributed by atoms with E-state index in [2.05, 4.69) is 52.3 Å². The second-order valence-electron chi connectivity index (χ2n) is 5.63. The Balaban J connectivity index is 0.000000383. The minimum absolute atomic E-state index is 0.885. The average molecular weight is 322 g/mol. The predicted molar refractivity (Wildman–Crippen MR) is 91.7 cm³/mol. The van der Waals surface area contributed by atoms with Gasteiger partial charge in [-0.1, -0.05) is 6.07 Å². The first-order chi connectivity index (χ1) is 11.5. The number of carbonyl (C=O) groups excluding carboxylic acids is 1. The van der Waals surface area contributed by atoms with Crippen LogP contribution in [0.2, 0.25) is 0 Å². The summed E-state index contributed by atoms with van der Waals surface area (Å²) in [7, 11) is 3.75. The molecule has 4 rings (SSSR count). The lowest BCUT2D eigenvalue weighted by molar-refractivity contribution is -0.670. The molecule has 0 radical (unpaired) electrons. The summed E-state index contributed by atoms with van der Waals surface area (Å²) in [6.45, 7) is 0.972. The molecule has 5 nitrogen and oxygen atoms in total. The largest absolute Gasteiger partial charge is 0.550 e. The number of methoxy groups -OCH3 is 1. The number of nitrogens with zero attached hydrogens (tertiary/aromatic N) is 1. The van der Waals surface area contributed by atoms with Crippen LogP contribution >= 0.6 is 0 Å². The van der Waals surface area contributed by atoms with Crippen molar-refractivity contribution in [3.8, 4) is 5.75 Å². The monoisotopic (exact) mass is 322 g/mol. The Labute approximate surface area is 139 Å². The van der Waals surface area contributed by atoms with Gasteiger partial charge in [0.25, 0.3) is 0 Å². The molecule has 0 saturated heterocycles. The summed E-state index contributed by atoms with van der Waals surface area (Å²) >= 11 is 0. The normalized spacial score (nSPS) is 10.6. The molecule has 0 aliphatic heterocycles. The maximum Gasteiger partial charge on any atom is 0.177 e. The van der Waals surface area contributed by atoms with Gasteiger partial charge in [-0.2, -0.15) is 0 Å². The summed E-state index contributed by atoms with van der Waals surface area (Å²) in [5.41, 5.74) is 2.30. The molecule has 24 heavy (non-hydrogen) atoms. The van der Waals surface area contributed by atoms with Crippen molar-refractivity contribution >= 4 is 38.5 Å². The number of carboxylic acid groups (broad SMARTS) is 1. The van der Waals surface area contributed by atoms with Crippen molar-refractivity contribution in [2.45, 2.75) is 6.92 Å². The lowest BCUT2D eigenvalue weighted by atomic mass is 10.1. The summed E-state index contributed by atoms with van der Waals surface area (Å²) in [6.07, 6.45) is 4.24. The Kier molecular flexibility index (Phi) is 4.08. The standard InChI is InChI=1S/C17H14N2O.C2H4O2/c1-19-8-7-11-3-5-16-17(14(11)10-19)13-9-12(20-2)4-6-15(13)18-16;1-2(3)4/h3-10H,1-2H3;1H3,(H,3,4). The third-order valence-electron chi connectivity index (χ3n) is 3.87. The van der Waals surface area contributed by atoms with Crippen LogP contribution in [0.1, 0.15) is 6.92 Å². The van der Waals surface area contributed by atoms with E-state index in [-0.39, 0.29) is 0 Å². The molecule has 0 unspecified atom stereocenters. The molecule has 0 spiro atoms. The second kappa shape index (κ2) is 6.20. The van der Waals surface area contributed by atoms with Crippen LogP contribution in [0.3, 0.4) is 0 Å². The number of carbonyl (C=O) groups is 1. The highest BCUT2D eigenvalue weighted by molar-refractivity contribution is 6.19. The van der Waals surface area contributed by atoms with Crippen molar-refractivity contribution in [1.82, 2.24) is 4.98 Å². The molecule has 4 aromatic rings. The number of fused-ring (bicyclic) bond motifs is 5. The molecular formula is C19H18N2O3. The molecule has 0 amide bonds. The molecule has 2 aromatic carbocycles. The maximum atomic E-state index is 8.89. The van der Waals surface area contributed by atoms with Gasteiger partial charge in [0.1, 0.15) is 12.8 Å². The zero-order valence-corrected chi connectivity index (χ0v) is 13.8. The highest BCUT2D eigenvalue weighted by Crippen LogP contribution is 2.33. The predicted octanol–water partition coefficient (Wildman–Crippen LogP) is 2.06. The van der Waals surface area contributed by atoms with E-state index in [1.165, 1.54) is 21.5 Å². The van der Waals surface area contributed by atoms with Gasteiger partial charge in [-0.05, 0) is 36.6 Å². The Hall–Kier alpha value is -3.08. The number of H-pyrrole nitrogens is 1. The fourth-order valence-corrected chi connectivity index (χ4v) is 2.87. The molecule has 5 heteroatoms. The number of aromatic nitrogens is 2. The van der Waals surface area contributed by atoms with Crippen LogP contribution in [0.4, 0.5) is 0 Å². The van der Waals surface area contributed by atoms with Gasteiger partial charge in [0.05, 0.1) is 12.5 Å². The number of benzene rings is 2. The van der Waals surface area contributed by atoms with E-state index in [1.54, 1.807) is 7.11 Å². The van der Waals surface area contributed by atoms with E-state index < -0.39 is 5.97 Å². The molecule has 2 heterocycles. The van der Waals surface area contributed by atoms with E-state index in [4.69, 9.17) is 14.6 Å². The Morgan fingerprint density at radius 2 is 1.83 bits per heavy atom. The van der Waals surface area contributed by atoms with E-state index in [0.717, 1.165) is 23.7 Å². The quantitative estimate of drug-likeness (QED) is 0.545. The SMILES string of the molecule is CC(=O)[O-].COc1ccc2[nH]c3ccc4cc[n+](C)cc4c3c2c1. The van der Waals surface area contributed by atoms with Gasteiger partial charge < -0.3 is 19.6 Å². The van der Waals surface area contributed by atoms with Gasteiger partial charge in [-0.3, -0.25) is 0 Å². The molecule has 0 fully saturated rings. The van der Waals surface area contributed by atoms with E-state index in [9.17, 15) is 0 Å². The Morgan fingerprint density at radius 1 is 1.12 bits per heavy atom. The number of hydrogen-bond donors (Lipinski definition) is 1. The second-order valence-corrected chi connectivity index (χ2v) is 5.63. The van der Waals surface area contributed by atoms with E-state index in [1.807, 2.05) is 13.1 Å². The Morgan fingerprint density at radius 3 is 2.54 bits per heavy atom. The summed E-state index contributed by atoms with van der Waals surface area (Å²) < 4.78 is 7.44. The van der Waals surface area contributed by atoms with Crippen LogP contribution in [0.25, 0.3) is 32.6 Å². The third kappa shape index (κ3) is 2.88. The smallest absolute Gasteiger partial charge is 0.177 e. The maximum absolute atomic E-state index is 8.89. The van der Waals surface area contributed by atoms with Crippen LogP contribution in [-0.2, 0) is 11.8 Å². The van der Waals surface area contributed by atoms with Gasteiger partial charge in [0.15, 0.2) is 12.4 Å². The highest BCUT2D eigenvalue weighted by atomic mass is 16.5. The van der Waals surface area contributed by atoms with Gasteiger partial charge >= 0.3 is 0 Å². The number of nitrogens with one attached hydrogen (secondary N) is 1. The van der Waals surface area contributed by atoms with Crippen LogP contribution in [0.15, 0.2) is 48.8 Å². The van der Waals surface area contributed by atoms with Crippen LogP contribution in [0.5, 0.6) is 5.75 Å². The number of rotatable bonds is 1. The van der Waals surface area contributed by atoms with E-state index >= 15 is 0 Å². The first-order valence-electron chi connectivity index (χ1n) is 7.54. The van der Waals surface area contributed by atoms with Crippen molar-refractivity contribution in [3.05, 3.63) is 48.8 Å². The molecule has 122 valence electrons. The molecule has 2 aromatic heterocycles. The zero-order valence-electron chi connectivity index (χ0n) is 13.8. The van der Waals surface area contributed by atoms with Crippen molar-refractivity contribution in [2.75, 3.05) is 7.11 Å². The summed E-state index contributed by atoms with van der Waals surface area (Å²) in [4.78, 5) is 12.4. The van der Waals surface area contributed by atoms with Crippen molar-refractivity contribution in [1.29, 1.82) is 0 Å². The molecular weight excluding hydrogens is 304 g/mol. The topological polar surface area (TPSA) is 69.0 Å². The summed E-state index contributed by atoms with van der Waals surface area (Å²) in [5.74, 6) is -0.198. The third-order valence-corrected chi connectivity index (χ3v) is 3.87. The molecule has 0 bridgehead atoms. The minimum atomic E-state index is -1.08. The zero-order chi connectivity index (χ0) is 17.3. The molecule has 0 saturated carbocycles. The Bertz CT molecular complexity index is 1050. The van der Waals surface area contributed by atoms with Crippen molar-refractivity contribution in [3.63, 3.8) is 0 Å². The van der Waals surface area contributed by atoms with Crippen molar-refractivity contribution in [2.24, 2.45) is 7.05 Å². The molecule has 1 N–H and O–H groups in total. The number of hydrogen-bond acceptors (Lipinski definition) is 3. The fraction of sp³-hybridized carbons (Fsp3) is 0.158. The number of carboxylic acids is 1. The lowest BCUT2D eigenvalue weighted by Crippen LogP contribution is -2.25. The number of pyridine rings is 1. The molecule has 0 atom stereocenters. The summed E-state index contributed by atoms with van der Waals surface area (Å²) in [5, 5.41) is 13.9. The van der Waals surface area contributed by atoms with Crippen molar-refractivity contribution < 1.29 is 19.2 Å². The number of aromatic amines is 1. The van der Waals surface area contributed by atoms with Crippen LogP contribution < -0.4 is 14.4 Å². The fourth-order valence-electron chi connectivity index (χ4n) is 2.87. The number of aryl methyl sites for hydroxylation is 1. The lowest BCUT2D eigenvalue weighted by Gasteiger charge is -2.01. The van der Waals surface area contributed by atoms with Gasteiger partial charge in [0, 0.05) is 33.8 Å². The van der Waals surface area contributed by atoms with Crippen LogP contribution in [0, 0.1) is 0 Å². The first kappa shape index (κ1) is 15.8. The van der Waals surface area contributed by atoms with Crippen LogP contribution in [-0.4, -0.2) is 18.1 Å². The van der Waals surface area contributed by atoms with Gasteiger partial charge in [-0.25, -0.2) is 4.57 Å². The first-order valence-corrected chi connectivity index (χ1v) is 7.54. The summed E-state index contributed by atoms with van der Waals surface area (Å²) in [6, 6.07) is 12.6. The highest BCUT2D eigenvalue weighted by Gasteiger charge is 2.11. The number of aliphatic carboxylic acids is 1. The minimum Gasteiger partial charge on any atom is -0.550 e. The number of ether oxygens (including phenoxy) is 1. The molecule has 0 aliphatic rings. The molecule has 0 aliphatic carbocycles. The van der Waals surface area contributed by atoms with Gasteiger partial charge in [-0.15, -0.1) is 0 Å². The van der Waals surface area contributed by atoms with Gasteiger partial charge in [0.2, 0.25) is 0 Å². The average Bonchev–Trinajstić information content (AvgIpc) is 2.92.